The van der Waals surface area contributed by atoms with Crippen molar-refractivity contribution < 1.29 is 9.53 Å². The highest BCUT2D eigenvalue weighted by atomic mass is 16.5. The van der Waals surface area contributed by atoms with E-state index in [1.54, 1.807) is 13.3 Å². The molecule has 0 spiro atoms. The molecular formula is C12H11NO2. The number of nitrogens with zero attached hydrogens (tertiary/aromatic N) is 1. The van der Waals surface area contributed by atoms with Crippen LogP contribution < -0.4 is 4.74 Å². The van der Waals surface area contributed by atoms with E-state index in [2.05, 4.69) is 4.98 Å². The molecule has 0 aliphatic carbocycles. The second kappa shape index (κ2) is 3.69. The molecule has 0 saturated carbocycles. The number of hydrogen-bond donors (Lipinski definition) is 0. The van der Waals surface area contributed by atoms with Gasteiger partial charge in [0.1, 0.15) is 11.3 Å². The number of carbonyl (C=O) groups excluding carboxylic acids is 1. The van der Waals surface area contributed by atoms with Crippen molar-refractivity contribution in [1.82, 2.24) is 4.98 Å². The Kier molecular flexibility index (Phi) is 2.37. The number of ether oxygens (including phenoxy) is 1. The van der Waals surface area contributed by atoms with E-state index >= 15 is 0 Å². The van der Waals surface area contributed by atoms with Crippen LogP contribution in [0, 0.1) is 6.92 Å². The minimum atomic E-state index is 0.621. The lowest BCUT2D eigenvalue weighted by molar-refractivity contribution is 0.112. The first-order chi connectivity index (χ1) is 7.27. The first-order valence-electron chi connectivity index (χ1n) is 4.65. The zero-order valence-electron chi connectivity index (χ0n) is 8.65. The maximum absolute atomic E-state index is 10.8. The van der Waals surface area contributed by atoms with Gasteiger partial charge < -0.3 is 4.74 Å². The summed E-state index contributed by atoms with van der Waals surface area (Å²) in [6.45, 7) is 1.91. The second-order valence-electron chi connectivity index (χ2n) is 3.31. The third-order valence-corrected chi connectivity index (χ3v) is 2.52. The maximum Gasteiger partial charge on any atom is 0.151 e. The lowest BCUT2D eigenvalue weighted by Gasteiger charge is -2.07. The molecule has 0 aliphatic rings. The fourth-order valence-corrected chi connectivity index (χ4v) is 1.63. The maximum atomic E-state index is 10.8. The number of fused-ring (bicyclic) bond motifs is 1. The first kappa shape index (κ1) is 9.65. The first-order valence-corrected chi connectivity index (χ1v) is 4.65. The minimum Gasteiger partial charge on any atom is -0.494 e. The molecule has 0 fully saturated rings. The lowest BCUT2D eigenvalue weighted by Crippen LogP contribution is -1.93. The zero-order valence-corrected chi connectivity index (χ0v) is 8.65. The van der Waals surface area contributed by atoms with Crippen LogP contribution in [0.5, 0.6) is 5.75 Å². The molecule has 1 aromatic heterocycles. The summed E-state index contributed by atoms with van der Waals surface area (Å²) in [5.41, 5.74) is 2.35. The summed E-state index contributed by atoms with van der Waals surface area (Å²) in [6, 6.07) is 5.69. The third-order valence-electron chi connectivity index (χ3n) is 2.52. The van der Waals surface area contributed by atoms with Crippen LogP contribution in [-0.2, 0) is 0 Å². The Bertz CT molecular complexity index is 520. The van der Waals surface area contributed by atoms with Crippen LogP contribution in [0.1, 0.15) is 15.9 Å². The summed E-state index contributed by atoms with van der Waals surface area (Å²) in [7, 11) is 1.61. The molecule has 0 amide bonds. The van der Waals surface area contributed by atoms with E-state index < -0.39 is 0 Å². The van der Waals surface area contributed by atoms with E-state index in [9.17, 15) is 4.79 Å². The van der Waals surface area contributed by atoms with Gasteiger partial charge in [-0.05, 0) is 18.6 Å². The molecule has 0 N–H and O–H groups in total. The van der Waals surface area contributed by atoms with Crippen molar-refractivity contribution in [2.45, 2.75) is 6.92 Å². The number of rotatable bonds is 2. The Morgan fingerprint density at radius 2 is 2.20 bits per heavy atom. The Balaban J connectivity index is 2.84. The third kappa shape index (κ3) is 1.46. The van der Waals surface area contributed by atoms with Gasteiger partial charge in [-0.15, -0.1) is 0 Å². The molecule has 1 heterocycles. The van der Waals surface area contributed by atoms with Crippen molar-refractivity contribution in [1.29, 1.82) is 0 Å². The Morgan fingerprint density at radius 1 is 1.40 bits per heavy atom. The predicted octanol–water partition coefficient (Wildman–Crippen LogP) is 2.36. The van der Waals surface area contributed by atoms with Crippen LogP contribution in [-0.4, -0.2) is 18.4 Å². The predicted molar refractivity (Wildman–Crippen MR) is 58.4 cm³/mol. The smallest absolute Gasteiger partial charge is 0.151 e. The van der Waals surface area contributed by atoms with Crippen LogP contribution >= 0.6 is 0 Å². The van der Waals surface area contributed by atoms with Gasteiger partial charge in [-0.1, -0.05) is 12.1 Å². The van der Waals surface area contributed by atoms with Gasteiger partial charge >= 0.3 is 0 Å². The van der Waals surface area contributed by atoms with E-state index in [-0.39, 0.29) is 0 Å². The summed E-state index contributed by atoms with van der Waals surface area (Å²) < 4.78 is 5.21. The quantitative estimate of drug-likeness (QED) is 0.700. The largest absolute Gasteiger partial charge is 0.494 e. The number of hydrogen-bond acceptors (Lipinski definition) is 3. The molecule has 3 heteroatoms. The fraction of sp³-hybridized carbons (Fsp3) is 0.167. The summed E-state index contributed by atoms with van der Waals surface area (Å²) in [5, 5.41) is 0.957. The number of benzene rings is 1. The van der Waals surface area contributed by atoms with Gasteiger partial charge in [0.2, 0.25) is 0 Å². The SMILES string of the molecule is COc1cccc2c(C)c(C=O)cnc12. The van der Waals surface area contributed by atoms with E-state index in [4.69, 9.17) is 4.74 Å². The van der Waals surface area contributed by atoms with Gasteiger partial charge in [0.05, 0.1) is 7.11 Å². The van der Waals surface area contributed by atoms with Crippen LogP contribution in [0.3, 0.4) is 0 Å². The van der Waals surface area contributed by atoms with Crippen molar-refractivity contribution in [3.8, 4) is 5.75 Å². The summed E-state index contributed by atoms with van der Waals surface area (Å²) >= 11 is 0. The molecule has 0 bridgehead atoms. The molecule has 1 aromatic carbocycles. The number of carbonyl (C=O) groups is 1. The van der Waals surface area contributed by atoms with Crippen LogP contribution in [0.4, 0.5) is 0 Å². The van der Waals surface area contributed by atoms with Crippen molar-refractivity contribution in [2.24, 2.45) is 0 Å². The molecule has 15 heavy (non-hydrogen) atoms. The highest BCUT2D eigenvalue weighted by Gasteiger charge is 2.07. The molecule has 76 valence electrons. The van der Waals surface area contributed by atoms with Gasteiger partial charge in [-0.2, -0.15) is 0 Å². The molecule has 3 nitrogen and oxygen atoms in total. The average molecular weight is 201 g/mol. The second-order valence-corrected chi connectivity index (χ2v) is 3.31. The molecule has 0 aliphatic heterocycles. The van der Waals surface area contributed by atoms with Gasteiger partial charge in [0, 0.05) is 17.1 Å². The molecule has 0 unspecified atom stereocenters. The molecule has 2 aromatic rings. The van der Waals surface area contributed by atoms with E-state index in [1.807, 2.05) is 25.1 Å². The Morgan fingerprint density at radius 3 is 2.87 bits per heavy atom. The van der Waals surface area contributed by atoms with E-state index in [0.717, 1.165) is 28.5 Å². The number of pyridine rings is 1. The number of para-hydroxylation sites is 1. The zero-order chi connectivity index (χ0) is 10.8. The topological polar surface area (TPSA) is 39.2 Å². The van der Waals surface area contributed by atoms with Crippen molar-refractivity contribution >= 4 is 17.2 Å². The van der Waals surface area contributed by atoms with Gasteiger partial charge in [-0.3, -0.25) is 9.78 Å². The Labute approximate surface area is 87.7 Å². The lowest BCUT2D eigenvalue weighted by atomic mass is 10.1. The molecule has 0 saturated heterocycles. The van der Waals surface area contributed by atoms with Crippen LogP contribution in [0.25, 0.3) is 10.9 Å². The fourth-order valence-electron chi connectivity index (χ4n) is 1.63. The standard InChI is InChI=1S/C12H11NO2/c1-8-9(7-14)6-13-12-10(8)4-3-5-11(12)15-2/h3-7H,1-2H3. The van der Waals surface area contributed by atoms with Crippen molar-refractivity contribution in [3.05, 3.63) is 35.5 Å². The molecular weight excluding hydrogens is 190 g/mol. The normalized spacial score (nSPS) is 10.3. The summed E-state index contributed by atoms with van der Waals surface area (Å²) in [4.78, 5) is 15.0. The van der Waals surface area contributed by atoms with Gasteiger partial charge in [0.25, 0.3) is 0 Å². The number of aldehydes is 1. The highest BCUT2D eigenvalue weighted by Crippen LogP contribution is 2.26. The van der Waals surface area contributed by atoms with Crippen LogP contribution in [0.2, 0.25) is 0 Å². The number of aromatic nitrogens is 1. The summed E-state index contributed by atoms with van der Waals surface area (Å²) in [6.07, 6.45) is 2.40. The number of methoxy groups -OCH3 is 1. The minimum absolute atomic E-state index is 0.621. The molecule has 0 radical (unpaired) electrons. The average Bonchev–Trinajstić information content (AvgIpc) is 2.29. The Hall–Kier alpha value is -1.90. The molecule has 2 rings (SSSR count). The molecule has 0 atom stereocenters. The highest BCUT2D eigenvalue weighted by molar-refractivity contribution is 5.92. The monoisotopic (exact) mass is 201 g/mol. The summed E-state index contributed by atoms with van der Waals surface area (Å²) in [5.74, 6) is 0.730. The van der Waals surface area contributed by atoms with Crippen LogP contribution in [0.15, 0.2) is 24.4 Å². The van der Waals surface area contributed by atoms with Crippen molar-refractivity contribution in [2.75, 3.05) is 7.11 Å². The van der Waals surface area contributed by atoms with Gasteiger partial charge in [-0.25, -0.2) is 0 Å². The number of aryl methyl sites for hydroxylation is 1. The van der Waals surface area contributed by atoms with Gasteiger partial charge in [0.15, 0.2) is 6.29 Å². The van der Waals surface area contributed by atoms with Crippen molar-refractivity contribution in [3.63, 3.8) is 0 Å². The van der Waals surface area contributed by atoms with E-state index in [1.165, 1.54) is 0 Å². The van der Waals surface area contributed by atoms with E-state index in [0.29, 0.717) is 5.56 Å².